The molecule has 0 aromatic rings. The SMILES string of the molecule is C1=CCCC=CCC1.[Cl-].[Cl-].[Rh].[Rh]. The predicted octanol–water partition coefficient (Wildman–Crippen LogP) is -3.32. The Balaban J connectivity index is -0.0000000800. The number of allylic oxidation sites excluding steroid dienone is 4. The van der Waals surface area contributed by atoms with E-state index in [1.54, 1.807) is 0 Å². The van der Waals surface area contributed by atoms with Crippen LogP contribution >= 0.6 is 0 Å². The van der Waals surface area contributed by atoms with E-state index in [1.165, 1.54) is 25.7 Å². The van der Waals surface area contributed by atoms with Crippen molar-refractivity contribution in [2.75, 3.05) is 0 Å². The minimum Gasteiger partial charge on any atom is -1.00 e. The molecule has 4 heteroatoms. The molecule has 78 valence electrons. The van der Waals surface area contributed by atoms with Crippen LogP contribution in [-0.4, -0.2) is 0 Å². The second-order valence-corrected chi connectivity index (χ2v) is 2.10. The quantitative estimate of drug-likeness (QED) is 0.303. The van der Waals surface area contributed by atoms with Crippen LogP contribution in [0.15, 0.2) is 24.3 Å². The van der Waals surface area contributed by atoms with Gasteiger partial charge in [0.15, 0.2) is 0 Å². The van der Waals surface area contributed by atoms with E-state index in [9.17, 15) is 0 Å². The summed E-state index contributed by atoms with van der Waals surface area (Å²) in [4.78, 5) is 0. The molecule has 12 heavy (non-hydrogen) atoms. The molecule has 0 saturated carbocycles. The number of halogens is 2. The third-order valence-corrected chi connectivity index (χ3v) is 1.33. The van der Waals surface area contributed by atoms with Gasteiger partial charge in [0.2, 0.25) is 0 Å². The van der Waals surface area contributed by atoms with Crippen LogP contribution in [0.3, 0.4) is 0 Å². The summed E-state index contributed by atoms with van der Waals surface area (Å²) < 4.78 is 0. The Hall–Kier alpha value is 1.31. The van der Waals surface area contributed by atoms with Gasteiger partial charge in [0.25, 0.3) is 0 Å². The largest absolute Gasteiger partial charge is 1.00 e. The van der Waals surface area contributed by atoms with Crippen LogP contribution in [-0.2, 0) is 39.0 Å². The van der Waals surface area contributed by atoms with E-state index in [0.29, 0.717) is 0 Å². The first-order valence-electron chi connectivity index (χ1n) is 3.30. The number of hydrogen-bond donors (Lipinski definition) is 0. The molecule has 0 aliphatic heterocycles. The number of rotatable bonds is 0. The summed E-state index contributed by atoms with van der Waals surface area (Å²) in [6, 6.07) is 0. The van der Waals surface area contributed by atoms with Crippen LogP contribution in [0.1, 0.15) is 25.7 Å². The maximum Gasteiger partial charge on any atom is 0 e. The number of hydrogen-bond acceptors (Lipinski definition) is 0. The predicted molar refractivity (Wildman–Crippen MR) is 36.7 cm³/mol. The summed E-state index contributed by atoms with van der Waals surface area (Å²) in [5.74, 6) is 0. The molecule has 2 radical (unpaired) electrons. The second-order valence-electron chi connectivity index (χ2n) is 2.10. The van der Waals surface area contributed by atoms with Crippen LogP contribution in [0.2, 0.25) is 0 Å². The van der Waals surface area contributed by atoms with E-state index < -0.39 is 0 Å². The molecule has 0 bridgehead atoms. The van der Waals surface area contributed by atoms with Gasteiger partial charge in [0.05, 0.1) is 0 Å². The molecule has 0 aromatic heterocycles. The average Bonchev–Trinajstić information content (AvgIpc) is 1.62. The Kier molecular flexibility index (Phi) is 35.2. The molecule has 0 saturated heterocycles. The fourth-order valence-electron chi connectivity index (χ4n) is 0.856. The Morgan fingerprint density at radius 3 is 0.833 bits per heavy atom. The van der Waals surface area contributed by atoms with Gasteiger partial charge in [-0.1, -0.05) is 24.3 Å². The van der Waals surface area contributed by atoms with E-state index in [2.05, 4.69) is 24.3 Å². The normalized spacial score (nSPS) is 13.3. The third kappa shape index (κ3) is 13.9. The van der Waals surface area contributed by atoms with Gasteiger partial charge in [-0.3, -0.25) is 0 Å². The van der Waals surface area contributed by atoms with Crippen molar-refractivity contribution in [2.45, 2.75) is 25.7 Å². The molecule has 0 aromatic carbocycles. The summed E-state index contributed by atoms with van der Waals surface area (Å²) in [5.41, 5.74) is 0. The minimum atomic E-state index is 0. The second kappa shape index (κ2) is 18.2. The van der Waals surface area contributed by atoms with E-state index in [1.807, 2.05) is 0 Å². The fraction of sp³-hybridized carbons (Fsp3) is 0.500. The van der Waals surface area contributed by atoms with Crippen LogP contribution in [0.25, 0.3) is 0 Å². The van der Waals surface area contributed by atoms with Crippen molar-refractivity contribution in [1.82, 2.24) is 0 Å². The minimum absolute atomic E-state index is 0. The first-order valence-corrected chi connectivity index (χ1v) is 3.30. The standard InChI is InChI=1S/C8H12.2ClH.2Rh/c1-2-4-6-8-7-5-3-1;;;;/h1-2,7-8H,3-6H2;2*1H;;/p-2. The zero-order chi connectivity index (χ0) is 5.66. The molecule has 0 unspecified atom stereocenters. The molecule has 0 nitrogen and oxygen atoms in total. The fourth-order valence-corrected chi connectivity index (χ4v) is 0.856. The smallest absolute Gasteiger partial charge is 0 e. The third-order valence-electron chi connectivity index (χ3n) is 1.33. The first-order chi connectivity index (χ1) is 4.00. The maximum atomic E-state index is 2.27. The van der Waals surface area contributed by atoms with Gasteiger partial charge in [0, 0.05) is 39.0 Å². The van der Waals surface area contributed by atoms with Crippen molar-refractivity contribution in [1.29, 1.82) is 0 Å². The van der Waals surface area contributed by atoms with Crippen LogP contribution in [0.4, 0.5) is 0 Å². The molecule has 0 heterocycles. The van der Waals surface area contributed by atoms with E-state index >= 15 is 0 Å². The Morgan fingerprint density at radius 1 is 0.500 bits per heavy atom. The molecule has 0 fully saturated rings. The van der Waals surface area contributed by atoms with Crippen molar-refractivity contribution >= 4 is 0 Å². The molecule has 1 aliphatic rings. The summed E-state index contributed by atoms with van der Waals surface area (Å²) in [7, 11) is 0. The summed E-state index contributed by atoms with van der Waals surface area (Å²) in [6.45, 7) is 0. The first kappa shape index (κ1) is 23.3. The van der Waals surface area contributed by atoms with Crippen LogP contribution < -0.4 is 24.8 Å². The van der Waals surface area contributed by atoms with Gasteiger partial charge in [-0.05, 0) is 25.7 Å². The van der Waals surface area contributed by atoms with Crippen molar-refractivity contribution < 1.29 is 63.8 Å². The summed E-state index contributed by atoms with van der Waals surface area (Å²) in [5, 5.41) is 0. The van der Waals surface area contributed by atoms with E-state index in [4.69, 9.17) is 0 Å². The zero-order valence-corrected chi connectivity index (χ0v) is 11.3. The molecule has 0 amide bonds. The molecule has 1 aliphatic carbocycles. The monoisotopic (exact) mass is 384 g/mol. The van der Waals surface area contributed by atoms with E-state index in [0.717, 1.165) is 0 Å². The zero-order valence-electron chi connectivity index (χ0n) is 6.56. The Labute approximate surface area is 113 Å². The molecule has 0 spiro atoms. The van der Waals surface area contributed by atoms with Crippen LogP contribution in [0, 0.1) is 0 Å². The molecular formula is C8H12Cl2Rh2-2. The van der Waals surface area contributed by atoms with Crippen molar-refractivity contribution in [3.8, 4) is 0 Å². The summed E-state index contributed by atoms with van der Waals surface area (Å²) in [6.07, 6.45) is 14.0. The van der Waals surface area contributed by atoms with Crippen molar-refractivity contribution in [3.63, 3.8) is 0 Å². The molecule has 0 atom stereocenters. The van der Waals surface area contributed by atoms with Gasteiger partial charge in [0.1, 0.15) is 0 Å². The van der Waals surface area contributed by atoms with Gasteiger partial charge >= 0.3 is 0 Å². The van der Waals surface area contributed by atoms with Gasteiger partial charge < -0.3 is 24.8 Å². The Bertz CT molecular complexity index is 87.6. The van der Waals surface area contributed by atoms with Gasteiger partial charge in [-0.2, -0.15) is 0 Å². The topological polar surface area (TPSA) is 0 Å². The average molecular weight is 385 g/mol. The van der Waals surface area contributed by atoms with Crippen molar-refractivity contribution in [3.05, 3.63) is 24.3 Å². The van der Waals surface area contributed by atoms with Crippen molar-refractivity contribution in [2.24, 2.45) is 0 Å². The maximum absolute atomic E-state index is 2.27. The van der Waals surface area contributed by atoms with Gasteiger partial charge in [-0.25, -0.2) is 0 Å². The molecule has 1 rings (SSSR count). The van der Waals surface area contributed by atoms with Crippen LogP contribution in [0.5, 0.6) is 0 Å². The molecule has 0 N–H and O–H groups in total. The van der Waals surface area contributed by atoms with Gasteiger partial charge in [-0.15, -0.1) is 0 Å². The summed E-state index contributed by atoms with van der Waals surface area (Å²) >= 11 is 0. The molecular weight excluding hydrogens is 373 g/mol. The Morgan fingerprint density at radius 2 is 0.667 bits per heavy atom. The van der Waals surface area contributed by atoms with E-state index in [-0.39, 0.29) is 63.8 Å².